The topological polar surface area (TPSA) is 61.7 Å². The van der Waals surface area contributed by atoms with Gasteiger partial charge in [0, 0.05) is 16.3 Å². The third-order valence-electron chi connectivity index (χ3n) is 1.84. The van der Waals surface area contributed by atoms with E-state index in [1.165, 1.54) is 0 Å². The molecule has 1 atom stereocenters. The number of hydrogen-bond acceptors (Lipinski definition) is 2. The summed E-state index contributed by atoms with van der Waals surface area (Å²) >= 11 is 0. The van der Waals surface area contributed by atoms with Crippen molar-refractivity contribution in [3.8, 4) is 0 Å². The fourth-order valence-electron chi connectivity index (χ4n) is 1.06. The summed E-state index contributed by atoms with van der Waals surface area (Å²) in [5, 5.41) is 3.59. The maximum absolute atomic E-state index is 8.26. The highest BCUT2D eigenvalue weighted by Crippen LogP contribution is 2.14. The Morgan fingerprint density at radius 1 is 1.62 bits per heavy atom. The molecular weight excluding hydrogens is 164 g/mol. The molecule has 0 amide bonds. The van der Waals surface area contributed by atoms with Gasteiger partial charge in [-0.15, -0.1) is 0 Å². The van der Waals surface area contributed by atoms with Crippen LogP contribution in [-0.2, 0) is 6.42 Å². The van der Waals surface area contributed by atoms with Gasteiger partial charge in [-0.05, 0) is 24.1 Å². The fraction of sp³-hybridized carbons (Fsp3) is 0.444. The molecule has 1 unspecified atom stereocenters. The van der Waals surface area contributed by atoms with Crippen LogP contribution in [0.15, 0.2) is 23.3 Å². The van der Waals surface area contributed by atoms with Gasteiger partial charge in [-0.2, -0.15) is 0 Å². The minimum atomic E-state index is -0.184. The fourth-order valence-corrected chi connectivity index (χ4v) is 1.06. The summed E-state index contributed by atoms with van der Waals surface area (Å²) < 4.78 is 0. The Bertz CT molecular complexity index is 328. The first kappa shape index (κ1) is 9.55. The monoisotopic (exact) mass is 176 g/mol. The second-order valence-corrected chi connectivity index (χ2v) is 2.79. The smallest absolute Gasteiger partial charge is 0.0769 e. The zero-order valence-electron chi connectivity index (χ0n) is 7.81. The number of nitrogens with zero attached hydrogens (tertiary/aromatic N) is 4. The number of rotatable bonds is 3. The van der Waals surface area contributed by atoms with E-state index in [1.807, 2.05) is 32.0 Å². The lowest BCUT2D eigenvalue weighted by Crippen LogP contribution is -1.96. The van der Waals surface area contributed by atoms with Gasteiger partial charge in [0.25, 0.3) is 0 Å². The number of aromatic nitrogens is 1. The first-order valence-electron chi connectivity index (χ1n) is 4.28. The van der Waals surface area contributed by atoms with Crippen molar-refractivity contribution in [3.63, 3.8) is 0 Å². The van der Waals surface area contributed by atoms with Crippen LogP contribution >= 0.6 is 0 Å². The molecule has 1 heterocycles. The van der Waals surface area contributed by atoms with Crippen LogP contribution in [0, 0.1) is 0 Å². The summed E-state index contributed by atoms with van der Waals surface area (Å²) in [5.41, 5.74) is 10.1. The first-order chi connectivity index (χ1) is 6.27. The average molecular weight is 176 g/mol. The second kappa shape index (κ2) is 4.48. The molecule has 68 valence electrons. The Morgan fingerprint density at radius 2 is 2.38 bits per heavy atom. The zero-order valence-corrected chi connectivity index (χ0v) is 7.81. The Labute approximate surface area is 77.2 Å². The minimum absolute atomic E-state index is 0.184. The lowest BCUT2D eigenvalue weighted by Gasteiger charge is -2.04. The summed E-state index contributed by atoms with van der Waals surface area (Å²) in [5.74, 6) is 0. The van der Waals surface area contributed by atoms with Crippen LogP contribution < -0.4 is 0 Å². The maximum atomic E-state index is 8.26. The van der Waals surface area contributed by atoms with Gasteiger partial charge in [-0.3, -0.25) is 4.98 Å². The highest BCUT2D eigenvalue weighted by atomic mass is 15.1. The van der Waals surface area contributed by atoms with Crippen LogP contribution in [0.1, 0.15) is 31.3 Å². The highest BCUT2D eigenvalue weighted by molar-refractivity contribution is 5.13. The van der Waals surface area contributed by atoms with Gasteiger partial charge in [-0.25, -0.2) is 0 Å². The van der Waals surface area contributed by atoms with Gasteiger partial charge in [0.1, 0.15) is 0 Å². The van der Waals surface area contributed by atoms with E-state index in [1.54, 1.807) is 0 Å². The van der Waals surface area contributed by atoms with Crippen LogP contribution in [0.25, 0.3) is 10.4 Å². The molecule has 1 aromatic rings. The van der Waals surface area contributed by atoms with E-state index in [9.17, 15) is 0 Å². The molecule has 4 heteroatoms. The van der Waals surface area contributed by atoms with E-state index < -0.39 is 0 Å². The Hall–Kier alpha value is -1.54. The van der Waals surface area contributed by atoms with Crippen LogP contribution in [0.3, 0.4) is 0 Å². The molecule has 0 aliphatic carbocycles. The second-order valence-electron chi connectivity index (χ2n) is 2.79. The molecule has 0 radical (unpaired) electrons. The molecule has 0 N–H and O–H groups in total. The van der Waals surface area contributed by atoms with Crippen molar-refractivity contribution < 1.29 is 0 Å². The SMILES string of the molecule is CCc1cccc(C(C)N=[N+]=[N-])n1. The van der Waals surface area contributed by atoms with Crippen molar-refractivity contribution in [2.75, 3.05) is 0 Å². The van der Waals surface area contributed by atoms with E-state index >= 15 is 0 Å². The molecule has 0 aliphatic heterocycles. The lowest BCUT2D eigenvalue weighted by molar-refractivity contribution is 0.762. The molecule has 1 rings (SSSR count). The number of pyridine rings is 1. The van der Waals surface area contributed by atoms with E-state index in [0.29, 0.717) is 0 Å². The summed E-state index contributed by atoms with van der Waals surface area (Å²) in [4.78, 5) is 7.10. The molecule has 0 bridgehead atoms. The van der Waals surface area contributed by atoms with Gasteiger partial charge in [0.05, 0.1) is 6.04 Å². The Kier molecular flexibility index (Phi) is 3.29. The van der Waals surface area contributed by atoms with E-state index in [0.717, 1.165) is 17.8 Å². The predicted octanol–water partition coefficient (Wildman–Crippen LogP) is 3.02. The lowest BCUT2D eigenvalue weighted by atomic mass is 10.2. The van der Waals surface area contributed by atoms with E-state index in [-0.39, 0.29) is 6.04 Å². The van der Waals surface area contributed by atoms with E-state index in [2.05, 4.69) is 15.0 Å². The van der Waals surface area contributed by atoms with Crippen molar-refractivity contribution >= 4 is 0 Å². The molecule has 4 nitrogen and oxygen atoms in total. The van der Waals surface area contributed by atoms with Gasteiger partial charge >= 0.3 is 0 Å². The van der Waals surface area contributed by atoms with Crippen LogP contribution in [0.2, 0.25) is 0 Å². The van der Waals surface area contributed by atoms with Gasteiger partial charge in [0.15, 0.2) is 0 Å². The third-order valence-corrected chi connectivity index (χ3v) is 1.84. The molecule has 0 saturated heterocycles. The van der Waals surface area contributed by atoms with Crippen molar-refractivity contribution in [2.45, 2.75) is 26.3 Å². The molecule has 1 aromatic heterocycles. The molecule has 0 aliphatic rings. The summed E-state index contributed by atoms with van der Waals surface area (Å²) in [6.07, 6.45) is 0.900. The van der Waals surface area contributed by atoms with Gasteiger partial charge in [-0.1, -0.05) is 25.0 Å². The molecule has 0 aromatic carbocycles. The molecular formula is C9H12N4. The van der Waals surface area contributed by atoms with Gasteiger partial charge in [0.2, 0.25) is 0 Å². The van der Waals surface area contributed by atoms with Crippen LogP contribution in [0.5, 0.6) is 0 Å². The highest BCUT2D eigenvalue weighted by Gasteiger charge is 2.03. The average Bonchev–Trinajstić information content (AvgIpc) is 2.18. The van der Waals surface area contributed by atoms with Crippen molar-refractivity contribution in [1.82, 2.24) is 4.98 Å². The number of hydrogen-bond donors (Lipinski definition) is 0. The van der Waals surface area contributed by atoms with Crippen molar-refractivity contribution in [1.29, 1.82) is 0 Å². The minimum Gasteiger partial charge on any atom is -0.257 e. The summed E-state index contributed by atoms with van der Waals surface area (Å²) in [6, 6.07) is 5.59. The normalized spacial score (nSPS) is 11.8. The van der Waals surface area contributed by atoms with Crippen molar-refractivity contribution in [2.24, 2.45) is 5.11 Å². The predicted molar refractivity (Wildman–Crippen MR) is 51.2 cm³/mol. The zero-order chi connectivity index (χ0) is 9.68. The van der Waals surface area contributed by atoms with Crippen LogP contribution in [-0.4, -0.2) is 4.98 Å². The van der Waals surface area contributed by atoms with E-state index in [4.69, 9.17) is 5.53 Å². The molecule has 13 heavy (non-hydrogen) atoms. The quantitative estimate of drug-likeness (QED) is 0.396. The standard InChI is InChI=1S/C9H12N4/c1-3-8-5-4-6-9(11-8)7(2)12-13-10/h4-7H,3H2,1-2H3. The summed E-state index contributed by atoms with van der Waals surface area (Å²) in [6.45, 7) is 3.88. The Morgan fingerprint density at radius 3 is 3.00 bits per heavy atom. The number of azide groups is 1. The largest absolute Gasteiger partial charge is 0.257 e. The molecule has 0 spiro atoms. The van der Waals surface area contributed by atoms with Crippen molar-refractivity contribution in [3.05, 3.63) is 40.0 Å². The van der Waals surface area contributed by atoms with Crippen LogP contribution in [0.4, 0.5) is 0 Å². The third kappa shape index (κ3) is 2.46. The van der Waals surface area contributed by atoms with Gasteiger partial charge < -0.3 is 0 Å². The maximum Gasteiger partial charge on any atom is 0.0769 e. The summed E-state index contributed by atoms with van der Waals surface area (Å²) in [7, 11) is 0. The molecule has 0 fully saturated rings. The Balaban J connectivity index is 2.94. The molecule has 0 saturated carbocycles. The first-order valence-corrected chi connectivity index (χ1v) is 4.28. The number of aryl methyl sites for hydroxylation is 1.